The minimum Gasteiger partial charge on any atom is -0.0911 e. The van der Waals surface area contributed by atoms with E-state index >= 15 is 0 Å². The highest BCUT2D eigenvalue weighted by Gasteiger charge is 2.33. The van der Waals surface area contributed by atoms with Gasteiger partial charge in [-0.3, -0.25) is 0 Å². The molecule has 0 heteroatoms. The van der Waals surface area contributed by atoms with Gasteiger partial charge in [0.15, 0.2) is 0 Å². The molecule has 1 aliphatic rings. The quantitative estimate of drug-likeness (QED) is 0.671. The summed E-state index contributed by atoms with van der Waals surface area (Å²) in [4.78, 5) is 0. The zero-order valence-corrected chi connectivity index (χ0v) is 13.8. The Morgan fingerprint density at radius 2 is 1.75 bits per heavy atom. The largest absolute Gasteiger partial charge is 0.0911 e. The van der Waals surface area contributed by atoms with Crippen LogP contribution in [-0.2, 0) is 0 Å². The van der Waals surface area contributed by atoms with Gasteiger partial charge in [-0.25, -0.2) is 0 Å². The Balaban J connectivity index is 2.77. The topological polar surface area (TPSA) is 0 Å². The molecule has 20 heavy (non-hydrogen) atoms. The van der Waals surface area contributed by atoms with Gasteiger partial charge < -0.3 is 0 Å². The lowest BCUT2D eigenvalue weighted by atomic mass is 9.68. The number of benzene rings is 1. The lowest BCUT2D eigenvalue weighted by Gasteiger charge is -2.36. The number of hydrogen-bond donors (Lipinski definition) is 0. The molecule has 0 fully saturated rings. The van der Waals surface area contributed by atoms with Crippen molar-refractivity contribution in [2.45, 2.75) is 41.5 Å². The molecule has 0 nitrogen and oxygen atoms in total. The van der Waals surface area contributed by atoms with Gasteiger partial charge in [0, 0.05) is 5.92 Å². The minimum absolute atomic E-state index is 0.289. The second-order valence-corrected chi connectivity index (χ2v) is 7.24. The van der Waals surface area contributed by atoms with Crippen LogP contribution in [0.2, 0.25) is 0 Å². The summed E-state index contributed by atoms with van der Waals surface area (Å²) in [5, 5.41) is 2.83. The molecule has 0 spiro atoms. The summed E-state index contributed by atoms with van der Waals surface area (Å²) < 4.78 is 0. The molecule has 108 valence electrons. The van der Waals surface area contributed by atoms with E-state index in [9.17, 15) is 0 Å². The highest BCUT2D eigenvalue weighted by Crippen LogP contribution is 2.40. The highest BCUT2D eigenvalue weighted by molar-refractivity contribution is 5.52. The Morgan fingerprint density at radius 1 is 1.10 bits per heavy atom. The SMILES string of the molecule is C/C=C\C1C(C)=c2ccccc2=CC(C(C)(C)C)C1C. The summed E-state index contributed by atoms with van der Waals surface area (Å²) in [6.07, 6.45) is 7.10. The van der Waals surface area contributed by atoms with Gasteiger partial charge in [-0.15, -0.1) is 0 Å². The molecule has 0 saturated carbocycles. The molecule has 0 N–H and O–H groups in total. The second-order valence-electron chi connectivity index (χ2n) is 7.24. The number of hydrogen-bond acceptors (Lipinski definition) is 0. The number of fused-ring (bicyclic) bond motifs is 1. The second kappa shape index (κ2) is 5.60. The van der Waals surface area contributed by atoms with Crippen LogP contribution in [0, 0.1) is 23.2 Å². The molecule has 0 bridgehead atoms. The van der Waals surface area contributed by atoms with Crippen LogP contribution in [0.25, 0.3) is 11.6 Å². The molecule has 0 aromatic heterocycles. The fraction of sp³-hybridized carbons (Fsp3) is 0.500. The smallest absolute Gasteiger partial charge is 0.00145 e. The molecule has 0 heterocycles. The summed E-state index contributed by atoms with van der Waals surface area (Å²) in [7, 11) is 0. The summed E-state index contributed by atoms with van der Waals surface area (Å²) in [5.74, 6) is 1.74. The van der Waals surface area contributed by atoms with Crippen molar-refractivity contribution in [2.75, 3.05) is 0 Å². The third-order valence-electron chi connectivity index (χ3n) is 4.78. The lowest BCUT2D eigenvalue weighted by Crippen LogP contribution is -2.29. The van der Waals surface area contributed by atoms with Gasteiger partial charge in [0.2, 0.25) is 0 Å². The first kappa shape index (κ1) is 15.1. The van der Waals surface area contributed by atoms with Crippen molar-refractivity contribution in [3.05, 3.63) is 46.9 Å². The van der Waals surface area contributed by atoms with Crippen LogP contribution >= 0.6 is 0 Å². The lowest BCUT2D eigenvalue weighted by molar-refractivity contribution is 0.216. The van der Waals surface area contributed by atoms with Crippen molar-refractivity contribution in [1.29, 1.82) is 0 Å². The molecule has 2 rings (SSSR count). The van der Waals surface area contributed by atoms with Gasteiger partial charge in [-0.05, 0) is 41.5 Å². The van der Waals surface area contributed by atoms with Crippen molar-refractivity contribution >= 4 is 11.6 Å². The fourth-order valence-corrected chi connectivity index (χ4v) is 3.71. The van der Waals surface area contributed by atoms with Crippen molar-refractivity contribution in [1.82, 2.24) is 0 Å². The molecule has 1 aromatic carbocycles. The van der Waals surface area contributed by atoms with Gasteiger partial charge in [-0.1, -0.05) is 75.8 Å². The molecule has 1 aromatic rings. The fourth-order valence-electron chi connectivity index (χ4n) is 3.71. The Labute approximate surface area is 123 Å². The van der Waals surface area contributed by atoms with E-state index in [0.29, 0.717) is 17.8 Å². The van der Waals surface area contributed by atoms with Crippen LogP contribution in [-0.4, -0.2) is 0 Å². The molecule has 1 aliphatic carbocycles. The molecule has 0 saturated heterocycles. The van der Waals surface area contributed by atoms with E-state index in [4.69, 9.17) is 0 Å². The van der Waals surface area contributed by atoms with E-state index in [-0.39, 0.29) is 5.41 Å². The van der Waals surface area contributed by atoms with Crippen LogP contribution in [0.3, 0.4) is 0 Å². The molecular formula is C20H28. The van der Waals surface area contributed by atoms with Crippen molar-refractivity contribution in [2.24, 2.45) is 23.2 Å². The van der Waals surface area contributed by atoms with E-state index in [1.807, 2.05) is 0 Å². The van der Waals surface area contributed by atoms with Crippen LogP contribution in [0.15, 0.2) is 36.4 Å². The monoisotopic (exact) mass is 268 g/mol. The Hall–Kier alpha value is -1.30. The summed E-state index contributed by atoms with van der Waals surface area (Å²) in [6.45, 7) is 13.9. The molecule has 0 aliphatic heterocycles. The average Bonchev–Trinajstić information content (AvgIpc) is 2.49. The van der Waals surface area contributed by atoms with Crippen LogP contribution < -0.4 is 10.4 Å². The van der Waals surface area contributed by atoms with Crippen molar-refractivity contribution in [3.63, 3.8) is 0 Å². The van der Waals surface area contributed by atoms with E-state index in [2.05, 4.69) is 84.0 Å². The number of allylic oxidation sites excluding steroid dienone is 2. The molecule has 0 amide bonds. The van der Waals surface area contributed by atoms with Crippen molar-refractivity contribution < 1.29 is 0 Å². The van der Waals surface area contributed by atoms with Gasteiger partial charge in [0.25, 0.3) is 0 Å². The zero-order chi connectivity index (χ0) is 14.9. The first-order chi connectivity index (χ1) is 9.36. The molecule has 3 unspecified atom stereocenters. The van der Waals surface area contributed by atoms with E-state index < -0.39 is 0 Å². The maximum atomic E-state index is 2.51. The normalized spacial score (nSPS) is 27.1. The predicted molar refractivity (Wildman–Crippen MR) is 89.7 cm³/mol. The Morgan fingerprint density at radius 3 is 2.35 bits per heavy atom. The summed E-state index contributed by atoms with van der Waals surface area (Å²) >= 11 is 0. The molecule has 3 atom stereocenters. The third kappa shape index (κ3) is 2.75. The van der Waals surface area contributed by atoms with Gasteiger partial charge in [0.05, 0.1) is 0 Å². The van der Waals surface area contributed by atoms with Gasteiger partial charge in [0.1, 0.15) is 0 Å². The zero-order valence-electron chi connectivity index (χ0n) is 13.8. The Bertz CT molecular complexity index is 610. The Kier molecular flexibility index (Phi) is 4.22. The van der Waals surface area contributed by atoms with Crippen LogP contribution in [0.1, 0.15) is 41.5 Å². The molecular weight excluding hydrogens is 240 g/mol. The summed E-state index contributed by atoms with van der Waals surface area (Å²) in [5.41, 5.74) is 1.80. The highest BCUT2D eigenvalue weighted by atomic mass is 14.4. The predicted octanol–water partition coefficient (Wildman–Crippen LogP) is 4.14. The maximum absolute atomic E-state index is 2.51. The summed E-state index contributed by atoms with van der Waals surface area (Å²) in [6, 6.07) is 8.85. The van der Waals surface area contributed by atoms with E-state index in [1.54, 1.807) is 0 Å². The van der Waals surface area contributed by atoms with Gasteiger partial charge in [-0.2, -0.15) is 0 Å². The maximum Gasteiger partial charge on any atom is 0.00145 e. The average molecular weight is 268 g/mol. The van der Waals surface area contributed by atoms with Crippen molar-refractivity contribution in [3.8, 4) is 0 Å². The van der Waals surface area contributed by atoms with E-state index in [0.717, 1.165) is 0 Å². The first-order valence-corrected chi connectivity index (χ1v) is 7.76. The van der Waals surface area contributed by atoms with Crippen LogP contribution in [0.5, 0.6) is 0 Å². The van der Waals surface area contributed by atoms with Crippen LogP contribution in [0.4, 0.5) is 0 Å². The third-order valence-corrected chi connectivity index (χ3v) is 4.78. The standard InChI is InChI=1S/C20H28/c1-7-10-17-14(2)18-12-9-8-11-16(18)13-19(15(17)3)20(4,5)6/h7-13,15,17,19H,1-6H3/b10-7-. The van der Waals surface area contributed by atoms with Gasteiger partial charge >= 0.3 is 0 Å². The molecule has 0 radical (unpaired) electrons. The first-order valence-electron chi connectivity index (χ1n) is 7.76. The van der Waals surface area contributed by atoms with E-state index in [1.165, 1.54) is 16.0 Å². The number of rotatable bonds is 1. The minimum atomic E-state index is 0.289.